The molecule has 1 saturated heterocycles. The molecule has 1 N–H and O–H groups in total. The number of hydrogen-bond donors (Lipinski definition) is 1. The van der Waals surface area contributed by atoms with Crippen LogP contribution in [0.2, 0.25) is 5.02 Å². The first kappa shape index (κ1) is 19.8. The van der Waals surface area contributed by atoms with E-state index in [0.29, 0.717) is 10.7 Å². The molecule has 1 fully saturated rings. The van der Waals surface area contributed by atoms with Gasteiger partial charge in [-0.05, 0) is 62.4 Å². The maximum absolute atomic E-state index is 12.7. The second-order valence-electron chi connectivity index (χ2n) is 6.55. The Kier molecular flexibility index (Phi) is 6.14. The molecular weight excluding hydrogens is 388 g/mol. The quantitative estimate of drug-likeness (QED) is 0.787. The van der Waals surface area contributed by atoms with Gasteiger partial charge in [-0.3, -0.25) is 4.72 Å². The molecule has 0 bridgehead atoms. The molecule has 0 unspecified atom stereocenters. The van der Waals surface area contributed by atoms with Crippen molar-refractivity contribution >= 4 is 27.3 Å². The van der Waals surface area contributed by atoms with Gasteiger partial charge in [0.1, 0.15) is 22.5 Å². The van der Waals surface area contributed by atoms with Crippen LogP contribution >= 0.6 is 11.6 Å². The van der Waals surface area contributed by atoms with E-state index in [1.54, 1.807) is 30.3 Å². The molecule has 8 heteroatoms. The lowest BCUT2D eigenvalue weighted by Crippen LogP contribution is -2.35. The molecule has 3 rings (SSSR count). The third-order valence-electron chi connectivity index (χ3n) is 4.49. The van der Waals surface area contributed by atoms with Crippen molar-refractivity contribution in [3.05, 3.63) is 47.5 Å². The lowest BCUT2D eigenvalue weighted by molar-refractivity contribution is 0.114. The van der Waals surface area contributed by atoms with Crippen LogP contribution in [-0.4, -0.2) is 46.7 Å². The largest absolute Gasteiger partial charge is 0.495 e. The number of likely N-dealkylation sites (tertiary alicyclic amines) is 1. The molecule has 0 atom stereocenters. The first-order chi connectivity index (χ1) is 12.9. The van der Waals surface area contributed by atoms with Gasteiger partial charge in [-0.25, -0.2) is 8.42 Å². The fraction of sp³-hybridized carbons (Fsp3) is 0.368. The fourth-order valence-electron chi connectivity index (χ4n) is 2.97. The van der Waals surface area contributed by atoms with E-state index in [9.17, 15) is 8.42 Å². The summed E-state index contributed by atoms with van der Waals surface area (Å²) in [6.07, 6.45) is 2.17. The van der Waals surface area contributed by atoms with Crippen LogP contribution in [0.5, 0.6) is 11.5 Å². The normalized spacial score (nSPS) is 16.1. The van der Waals surface area contributed by atoms with Crippen LogP contribution in [-0.2, 0) is 10.0 Å². The molecule has 0 saturated carbocycles. The summed E-state index contributed by atoms with van der Waals surface area (Å²) < 4.78 is 39.0. The van der Waals surface area contributed by atoms with Crippen LogP contribution in [0.4, 0.5) is 5.69 Å². The fourth-order valence-corrected chi connectivity index (χ4v) is 4.46. The van der Waals surface area contributed by atoms with E-state index >= 15 is 0 Å². The Morgan fingerprint density at radius 1 is 1.11 bits per heavy atom. The Balaban J connectivity index is 1.70. The Bertz CT molecular complexity index is 879. The summed E-state index contributed by atoms with van der Waals surface area (Å²) in [5, 5.41) is 0.318. The molecule has 1 heterocycles. The minimum Gasteiger partial charge on any atom is -0.495 e. The van der Waals surface area contributed by atoms with Gasteiger partial charge in [0.2, 0.25) is 0 Å². The van der Waals surface area contributed by atoms with E-state index in [4.69, 9.17) is 21.1 Å². The summed E-state index contributed by atoms with van der Waals surface area (Å²) in [6, 6.07) is 11.4. The first-order valence-corrected chi connectivity index (χ1v) is 10.5. The number of piperidine rings is 1. The zero-order chi connectivity index (χ0) is 19.4. The Morgan fingerprint density at radius 2 is 1.78 bits per heavy atom. The van der Waals surface area contributed by atoms with Gasteiger partial charge in [0.15, 0.2) is 0 Å². The molecule has 0 radical (unpaired) electrons. The van der Waals surface area contributed by atoms with Crippen molar-refractivity contribution < 1.29 is 17.9 Å². The van der Waals surface area contributed by atoms with Gasteiger partial charge in [-0.2, -0.15) is 0 Å². The maximum Gasteiger partial charge on any atom is 0.265 e. The minimum atomic E-state index is -3.83. The summed E-state index contributed by atoms with van der Waals surface area (Å²) in [7, 11) is -0.313. The van der Waals surface area contributed by atoms with Crippen molar-refractivity contribution in [1.29, 1.82) is 0 Å². The van der Waals surface area contributed by atoms with Crippen LogP contribution in [0, 0.1) is 0 Å². The Hall–Kier alpha value is -1.96. The van der Waals surface area contributed by atoms with E-state index in [2.05, 4.69) is 16.7 Å². The molecule has 2 aromatic carbocycles. The number of nitrogens with zero attached hydrogens (tertiary/aromatic N) is 1. The lowest BCUT2D eigenvalue weighted by atomic mass is 10.1. The number of methoxy groups -OCH3 is 1. The molecule has 146 valence electrons. The highest BCUT2D eigenvalue weighted by molar-refractivity contribution is 7.92. The van der Waals surface area contributed by atoms with Crippen LogP contribution in [0.1, 0.15) is 12.8 Å². The first-order valence-electron chi connectivity index (χ1n) is 8.69. The van der Waals surface area contributed by atoms with Gasteiger partial charge in [-0.15, -0.1) is 0 Å². The van der Waals surface area contributed by atoms with Gasteiger partial charge in [0.05, 0.1) is 7.11 Å². The Labute approximate surface area is 165 Å². The number of anilines is 1. The molecule has 0 aromatic heterocycles. The molecule has 0 aliphatic carbocycles. The van der Waals surface area contributed by atoms with E-state index in [0.717, 1.165) is 31.7 Å². The number of halogens is 1. The third kappa shape index (κ3) is 5.06. The zero-order valence-electron chi connectivity index (χ0n) is 15.3. The SMILES string of the molecule is COc1ccc(Cl)cc1S(=O)(=O)Nc1ccc(OC2CCN(C)CC2)cc1. The maximum atomic E-state index is 12.7. The molecule has 1 aliphatic rings. The predicted octanol–water partition coefficient (Wildman–Crippen LogP) is 3.62. The topological polar surface area (TPSA) is 67.9 Å². The predicted molar refractivity (Wildman–Crippen MR) is 106 cm³/mol. The number of nitrogens with one attached hydrogen (secondary N) is 1. The summed E-state index contributed by atoms with van der Waals surface area (Å²) >= 11 is 5.94. The van der Waals surface area contributed by atoms with Gasteiger partial charge >= 0.3 is 0 Å². The summed E-state index contributed by atoms with van der Waals surface area (Å²) in [5.74, 6) is 0.960. The summed E-state index contributed by atoms with van der Waals surface area (Å²) in [5.41, 5.74) is 0.438. The second kappa shape index (κ2) is 8.37. The van der Waals surface area contributed by atoms with Crippen molar-refractivity contribution in [1.82, 2.24) is 4.90 Å². The van der Waals surface area contributed by atoms with E-state index in [1.165, 1.54) is 19.2 Å². The van der Waals surface area contributed by atoms with E-state index < -0.39 is 10.0 Å². The molecule has 0 amide bonds. The third-order valence-corrected chi connectivity index (χ3v) is 6.13. The zero-order valence-corrected chi connectivity index (χ0v) is 16.9. The monoisotopic (exact) mass is 410 g/mol. The molecule has 2 aromatic rings. The van der Waals surface area contributed by atoms with E-state index in [1.807, 2.05) is 0 Å². The number of ether oxygens (including phenoxy) is 2. The van der Waals surface area contributed by atoms with Crippen LogP contribution in [0.3, 0.4) is 0 Å². The number of rotatable bonds is 6. The van der Waals surface area contributed by atoms with Crippen molar-refractivity contribution in [2.75, 3.05) is 32.0 Å². The average molecular weight is 411 g/mol. The van der Waals surface area contributed by atoms with Crippen LogP contribution < -0.4 is 14.2 Å². The van der Waals surface area contributed by atoms with Crippen molar-refractivity contribution in [3.8, 4) is 11.5 Å². The Morgan fingerprint density at radius 3 is 2.41 bits per heavy atom. The van der Waals surface area contributed by atoms with E-state index in [-0.39, 0.29) is 16.7 Å². The van der Waals surface area contributed by atoms with Gasteiger partial charge in [0.25, 0.3) is 10.0 Å². The molecule has 27 heavy (non-hydrogen) atoms. The van der Waals surface area contributed by atoms with Crippen molar-refractivity contribution in [2.45, 2.75) is 23.8 Å². The van der Waals surface area contributed by atoms with Crippen LogP contribution in [0.25, 0.3) is 0 Å². The lowest BCUT2D eigenvalue weighted by Gasteiger charge is -2.29. The van der Waals surface area contributed by atoms with Crippen molar-refractivity contribution in [3.63, 3.8) is 0 Å². The highest BCUT2D eigenvalue weighted by Gasteiger charge is 2.21. The minimum absolute atomic E-state index is 0.0100. The van der Waals surface area contributed by atoms with Gasteiger partial charge < -0.3 is 14.4 Å². The molecule has 0 spiro atoms. The average Bonchev–Trinajstić information content (AvgIpc) is 2.65. The number of benzene rings is 2. The highest BCUT2D eigenvalue weighted by Crippen LogP contribution is 2.29. The molecule has 1 aliphatic heterocycles. The second-order valence-corrected chi connectivity index (χ2v) is 8.63. The molecular formula is C19H23ClN2O4S. The van der Waals surface area contributed by atoms with Gasteiger partial charge in [0, 0.05) is 23.8 Å². The smallest absolute Gasteiger partial charge is 0.265 e. The standard InChI is InChI=1S/C19H23ClN2O4S/c1-22-11-9-17(10-12-22)26-16-6-4-15(5-7-16)21-27(23,24)19-13-14(20)3-8-18(19)25-2/h3-8,13,17,21H,9-12H2,1-2H3. The van der Waals surface area contributed by atoms with Crippen LogP contribution in [0.15, 0.2) is 47.4 Å². The number of hydrogen-bond acceptors (Lipinski definition) is 5. The van der Waals surface area contributed by atoms with Gasteiger partial charge in [-0.1, -0.05) is 11.6 Å². The summed E-state index contributed by atoms with van der Waals surface area (Å²) in [6.45, 7) is 2.04. The van der Waals surface area contributed by atoms with Crippen molar-refractivity contribution in [2.24, 2.45) is 0 Å². The molecule has 6 nitrogen and oxygen atoms in total. The highest BCUT2D eigenvalue weighted by atomic mass is 35.5. The summed E-state index contributed by atoms with van der Waals surface area (Å²) in [4.78, 5) is 2.27. The number of sulfonamides is 1.